The fourth-order valence-electron chi connectivity index (χ4n) is 3.24. The topological polar surface area (TPSA) is 75.7 Å². The summed E-state index contributed by atoms with van der Waals surface area (Å²) in [6.45, 7) is 3.65. The molecule has 2 aromatic carbocycles. The van der Waals surface area contributed by atoms with E-state index in [4.69, 9.17) is 27.9 Å². The number of benzene rings is 2. The SMILES string of the molecule is Cc1ccc(N2C[C@@H](C(=O)OCC(=O)Nc3cc(Cl)ccc3Cl)CC2=O)c(C)c1. The number of anilines is 2. The van der Waals surface area contributed by atoms with E-state index in [1.54, 1.807) is 17.0 Å². The summed E-state index contributed by atoms with van der Waals surface area (Å²) in [6.07, 6.45) is 0.0495. The van der Waals surface area contributed by atoms with E-state index >= 15 is 0 Å². The highest BCUT2D eigenvalue weighted by Crippen LogP contribution is 2.29. The molecule has 152 valence electrons. The number of ether oxygens (including phenoxy) is 1. The van der Waals surface area contributed by atoms with Gasteiger partial charge in [0.25, 0.3) is 5.91 Å². The smallest absolute Gasteiger partial charge is 0.311 e. The average molecular weight is 435 g/mol. The Kier molecular flexibility index (Phi) is 6.45. The Labute approximate surface area is 178 Å². The highest BCUT2D eigenvalue weighted by Gasteiger charge is 2.36. The number of halogens is 2. The zero-order valence-corrected chi connectivity index (χ0v) is 17.5. The van der Waals surface area contributed by atoms with Gasteiger partial charge in [-0.25, -0.2) is 0 Å². The molecule has 0 radical (unpaired) electrons. The van der Waals surface area contributed by atoms with Gasteiger partial charge in [0.1, 0.15) is 0 Å². The summed E-state index contributed by atoms with van der Waals surface area (Å²) in [4.78, 5) is 38.4. The average Bonchev–Trinajstić information content (AvgIpc) is 3.04. The van der Waals surface area contributed by atoms with Crippen molar-refractivity contribution >= 4 is 52.4 Å². The van der Waals surface area contributed by atoms with Crippen LogP contribution in [0.2, 0.25) is 10.0 Å². The van der Waals surface area contributed by atoms with Crippen molar-refractivity contribution in [2.45, 2.75) is 20.3 Å². The van der Waals surface area contributed by atoms with Gasteiger partial charge in [-0.2, -0.15) is 0 Å². The Bertz CT molecular complexity index is 977. The molecular weight excluding hydrogens is 415 g/mol. The molecule has 8 heteroatoms. The lowest BCUT2D eigenvalue weighted by molar-refractivity contribution is -0.151. The lowest BCUT2D eigenvalue weighted by Crippen LogP contribution is -2.28. The summed E-state index contributed by atoms with van der Waals surface area (Å²) >= 11 is 11.9. The van der Waals surface area contributed by atoms with Crippen LogP contribution in [0.25, 0.3) is 0 Å². The Morgan fingerprint density at radius 3 is 2.66 bits per heavy atom. The van der Waals surface area contributed by atoms with Crippen LogP contribution >= 0.6 is 23.2 Å². The standard InChI is InChI=1S/C21H20Cl2N2O4/c1-12-3-6-18(13(2)7-12)25-10-14(8-20(25)27)21(28)29-11-19(26)24-17-9-15(22)4-5-16(17)23/h3-7,9,14H,8,10-11H2,1-2H3,(H,24,26)/t14-/m0/s1. The van der Waals surface area contributed by atoms with Crippen molar-refractivity contribution in [2.24, 2.45) is 5.92 Å². The molecule has 1 fully saturated rings. The minimum absolute atomic E-state index is 0.0495. The van der Waals surface area contributed by atoms with Gasteiger partial charge < -0.3 is 15.0 Å². The Balaban J connectivity index is 1.56. The number of nitrogens with zero attached hydrogens (tertiary/aromatic N) is 1. The summed E-state index contributed by atoms with van der Waals surface area (Å²) in [5.41, 5.74) is 3.17. The van der Waals surface area contributed by atoms with Crippen LogP contribution in [0.15, 0.2) is 36.4 Å². The largest absolute Gasteiger partial charge is 0.455 e. The van der Waals surface area contributed by atoms with E-state index < -0.39 is 24.4 Å². The molecule has 29 heavy (non-hydrogen) atoms. The number of amides is 2. The maximum absolute atomic E-state index is 12.4. The molecule has 0 unspecified atom stereocenters. The second-order valence-corrected chi connectivity index (χ2v) is 7.82. The van der Waals surface area contributed by atoms with Crippen molar-refractivity contribution in [3.63, 3.8) is 0 Å². The van der Waals surface area contributed by atoms with Crippen LogP contribution in [0.3, 0.4) is 0 Å². The molecule has 0 saturated carbocycles. The zero-order chi connectivity index (χ0) is 21.1. The highest BCUT2D eigenvalue weighted by molar-refractivity contribution is 6.35. The molecule has 6 nitrogen and oxygen atoms in total. The fraction of sp³-hybridized carbons (Fsp3) is 0.286. The molecule has 1 aliphatic heterocycles. The number of carbonyl (C=O) groups excluding carboxylic acids is 3. The maximum atomic E-state index is 12.4. The van der Waals surface area contributed by atoms with E-state index in [0.717, 1.165) is 16.8 Å². The third-order valence-electron chi connectivity index (χ3n) is 4.65. The lowest BCUT2D eigenvalue weighted by atomic mass is 10.1. The van der Waals surface area contributed by atoms with E-state index in [9.17, 15) is 14.4 Å². The predicted octanol–water partition coefficient (Wildman–Crippen LogP) is 4.15. The van der Waals surface area contributed by atoms with Crippen LogP contribution in [-0.2, 0) is 19.1 Å². The number of aryl methyl sites for hydroxylation is 2. The molecule has 1 N–H and O–H groups in total. The molecule has 1 heterocycles. The van der Waals surface area contributed by atoms with Crippen LogP contribution in [0.1, 0.15) is 17.5 Å². The summed E-state index contributed by atoms with van der Waals surface area (Å²) in [7, 11) is 0. The fourth-order valence-corrected chi connectivity index (χ4v) is 3.58. The molecule has 1 atom stereocenters. The van der Waals surface area contributed by atoms with Gasteiger partial charge in [0.2, 0.25) is 5.91 Å². The first-order valence-corrected chi connectivity index (χ1v) is 9.79. The molecule has 0 spiro atoms. The van der Waals surface area contributed by atoms with Gasteiger partial charge in [-0.05, 0) is 43.7 Å². The van der Waals surface area contributed by atoms with Crippen LogP contribution in [0.4, 0.5) is 11.4 Å². The zero-order valence-electron chi connectivity index (χ0n) is 16.0. The molecule has 0 bridgehead atoms. The molecule has 2 amide bonds. The number of hydrogen-bond acceptors (Lipinski definition) is 4. The van der Waals surface area contributed by atoms with Crippen LogP contribution in [-0.4, -0.2) is 30.9 Å². The first-order valence-electron chi connectivity index (χ1n) is 9.03. The molecule has 0 aromatic heterocycles. The van der Waals surface area contributed by atoms with E-state index in [1.165, 1.54) is 6.07 Å². The summed E-state index contributed by atoms with van der Waals surface area (Å²) in [6, 6.07) is 10.4. The first kappa shape index (κ1) is 21.1. The second kappa shape index (κ2) is 8.84. The first-order chi connectivity index (χ1) is 13.7. The summed E-state index contributed by atoms with van der Waals surface area (Å²) in [5.74, 6) is -1.89. The van der Waals surface area contributed by atoms with Crippen molar-refractivity contribution in [1.82, 2.24) is 0 Å². The number of esters is 1. The maximum Gasteiger partial charge on any atom is 0.311 e. The summed E-state index contributed by atoms with van der Waals surface area (Å²) < 4.78 is 5.11. The van der Waals surface area contributed by atoms with Gasteiger partial charge in [-0.15, -0.1) is 0 Å². The Morgan fingerprint density at radius 2 is 1.93 bits per heavy atom. The van der Waals surface area contributed by atoms with Gasteiger partial charge in [0.05, 0.1) is 16.6 Å². The van der Waals surface area contributed by atoms with Crippen LogP contribution in [0.5, 0.6) is 0 Å². The molecular formula is C21H20Cl2N2O4. The molecule has 3 rings (SSSR count). The Hall–Kier alpha value is -2.57. The predicted molar refractivity (Wildman–Crippen MR) is 112 cm³/mol. The van der Waals surface area contributed by atoms with E-state index in [0.29, 0.717) is 15.7 Å². The minimum atomic E-state index is -0.620. The normalized spacial score (nSPS) is 16.1. The molecule has 1 saturated heterocycles. The van der Waals surface area contributed by atoms with Crippen molar-refractivity contribution in [3.8, 4) is 0 Å². The molecule has 1 aliphatic rings. The number of carbonyl (C=O) groups is 3. The Morgan fingerprint density at radius 1 is 1.17 bits per heavy atom. The highest BCUT2D eigenvalue weighted by atomic mass is 35.5. The van der Waals surface area contributed by atoms with Crippen LogP contribution < -0.4 is 10.2 Å². The molecule has 0 aliphatic carbocycles. The van der Waals surface area contributed by atoms with Gasteiger partial charge in [0, 0.05) is 23.7 Å². The van der Waals surface area contributed by atoms with E-state index in [2.05, 4.69) is 5.32 Å². The van der Waals surface area contributed by atoms with Crippen molar-refractivity contribution in [1.29, 1.82) is 0 Å². The summed E-state index contributed by atoms with van der Waals surface area (Å²) in [5, 5.41) is 3.28. The van der Waals surface area contributed by atoms with E-state index in [1.807, 2.05) is 32.0 Å². The third-order valence-corrected chi connectivity index (χ3v) is 5.21. The van der Waals surface area contributed by atoms with Crippen molar-refractivity contribution in [2.75, 3.05) is 23.4 Å². The van der Waals surface area contributed by atoms with Gasteiger partial charge in [0.15, 0.2) is 6.61 Å². The number of nitrogens with one attached hydrogen (secondary N) is 1. The lowest BCUT2D eigenvalue weighted by Gasteiger charge is -2.19. The van der Waals surface area contributed by atoms with Gasteiger partial charge in [-0.1, -0.05) is 40.9 Å². The number of rotatable bonds is 5. The second-order valence-electron chi connectivity index (χ2n) is 6.98. The number of hydrogen-bond donors (Lipinski definition) is 1. The van der Waals surface area contributed by atoms with Gasteiger partial charge >= 0.3 is 5.97 Å². The monoisotopic (exact) mass is 434 g/mol. The van der Waals surface area contributed by atoms with E-state index in [-0.39, 0.29) is 18.9 Å². The van der Waals surface area contributed by atoms with Crippen LogP contribution in [0, 0.1) is 19.8 Å². The third kappa shape index (κ3) is 5.08. The quantitative estimate of drug-likeness (QED) is 0.717. The van der Waals surface area contributed by atoms with Crippen molar-refractivity contribution < 1.29 is 19.1 Å². The van der Waals surface area contributed by atoms with Crippen molar-refractivity contribution in [3.05, 3.63) is 57.6 Å². The minimum Gasteiger partial charge on any atom is -0.455 e. The van der Waals surface area contributed by atoms with Gasteiger partial charge in [-0.3, -0.25) is 14.4 Å². The molecule has 2 aromatic rings.